The van der Waals surface area contributed by atoms with Gasteiger partial charge >= 0.3 is 0 Å². The van der Waals surface area contributed by atoms with Gasteiger partial charge < -0.3 is 15.0 Å². The highest BCUT2D eigenvalue weighted by atomic mass is 19.1. The van der Waals surface area contributed by atoms with E-state index in [1.165, 1.54) is 20.2 Å². The van der Waals surface area contributed by atoms with Crippen LogP contribution in [0, 0.1) is 28.8 Å². The Morgan fingerprint density at radius 1 is 1.25 bits per heavy atom. The Kier molecular flexibility index (Phi) is 4.54. The van der Waals surface area contributed by atoms with Gasteiger partial charge in [0.05, 0.1) is 24.3 Å². The third-order valence-corrected chi connectivity index (χ3v) is 6.43. The number of nitrogens with one attached hydrogen (secondary N) is 2. The van der Waals surface area contributed by atoms with Crippen LogP contribution in [0.25, 0.3) is 0 Å². The summed E-state index contributed by atoms with van der Waals surface area (Å²) in [5.41, 5.74) is -1.02. The van der Waals surface area contributed by atoms with Gasteiger partial charge in [0, 0.05) is 37.7 Å². The Balaban J connectivity index is 1.62. The van der Waals surface area contributed by atoms with E-state index in [0.717, 1.165) is 29.9 Å². The third-order valence-electron chi connectivity index (χ3n) is 6.43. The average Bonchev–Trinajstić information content (AvgIpc) is 3.53. The van der Waals surface area contributed by atoms with Crippen LogP contribution in [0.4, 0.5) is 19.1 Å². The topological polar surface area (TPSA) is 94.4 Å². The molecule has 2 N–H and O–H groups in total. The maximum Gasteiger partial charge on any atom is 0.255 e. The number of methoxy groups -OCH3 is 1. The summed E-state index contributed by atoms with van der Waals surface area (Å²) in [4.78, 5) is 24.5. The Labute approximate surface area is 181 Å². The Morgan fingerprint density at radius 3 is 2.66 bits per heavy atom. The van der Waals surface area contributed by atoms with Crippen molar-refractivity contribution in [2.75, 3.05) is 32.1 Å². The molecule has 8 nitrogen and oxygen atoms in total. The van der Waals surface area contributed by atoms with Gasteiger partial charge in [-0.05, 0) is 18.9 Å². The van der Waals surface area contributed by atoms with Gasteiger partial charge in [0.1, 0.15) is 11.6 Å². The molecule has 1 aromatic heterocycles. The molecule has 0 unspecified atom stereocenters. The summed E-state index contributed by atoms with van der Waals surface area (Å²) >= 11 is 0. The van der Waals surface area contributed by atoms with E-state index in [2.05, 4.69) is 15.3 Å². The lowest BCUT2D eigenvalue weighted by Crippen LogP contribution is -2.65. The zero-order valence-corrected chi connectivity index (χ0v) is 17.5. The van der Waals surface area contributed by atoms with Gasteiger partial charge in [-0.15, -0.1) is 0 Å². The van der Waals surface area contributed by atoms with Crippen molar-refractivity contribution in [1.29, 1.82) is 5.41 Å². The zero-order valence-electron chi connectivity index (χ0n) is 17.5. The quantitative estimate of drug-likeness (QED) is 0.747. The molecule has 3 fully saturated rings. The van der Waals surface area contributed by atoms with Gasteiger partial charge in [-0.25, -0.2) is 13.8 Å². The van der Waals surface area contributed by atoms with Crippen LogP contribution >= 0.6 is 0 Å². The number of benzene rings is 1. The van der Waals surface area contributed by atoms with E-state index in [4.69, 9.17) is 10.1 Å². The summed E-state index contributed by atoms with van der Waals surface area (Å²) in [5, 5.41) is 11.2. The number of guanidine groups is 1. The first-order valence-corrected chi connectivity index (χ1v) is 10.2. The largest absolute Gasteiger partial charge is 0.479 e. The molecule has 2 atom stereocenters. The standard InChI is InChI=1S/C21H21F3N6O2/c1-29-18(31)13-8-30(20-26-16(10-3-4-10)15(24)17(27-20)32-2)9-21(13,28-19(29)25)12-6-5-11(22)7-14(12)23/h5-7,10,13H,3-4,8-9H2,1-2H3,(H2,25,28)/t13-,21+/m0/s1. The van der Waals surface area contributed by atoms with Crippen LogP contribution in [0.3, 0.4) is 0 Å². The van der Waals surface area contributed by atoms with E-state index in [9.17, 15) is 18.0 Å². The number of carbonyl (C=O) groups is 1. The molecule has 2 saturated heterocycles. The molecule has 1 aromatic carbocycles. The monoisotopic (exact) mass is 446 g/mol. The first-order valence-electron chi connectivity index (χ1n) is 10.2. The fourth-order valence-corrected chi connectivity index (χ4v) is 4.59. The van der Waals surface area contributed by atoms with Crippen LogP contribution in [0.15, 0.2) is 18.2 Å². The van der Waals surface area contributed by atoms with E-state index in [-0.39, 0.29) is 48.1 Å². The Hall–Kier alpha value is -3.37. The molecule has 2 aromatic rings. The van der Waals surface area contributed by atoms with Crippen molar-refractivity contribution in [2.24, 2.45) is 5.92 Å². The number of rotatable bonds is 4. The highest BCUT2D eigenvalue weighted by Crippen LogP contribution is 2.45. The number of aromatic nitrogens is 2. The third kappa shape index (κ3) is 2.98. The smallest absolute Gasteiger partial charge is 0.255 e. The van der Waals surface area contributed by atoms with Crippen LogP contribution in [-0.2, 0) is 10.3 Å². The summed E-state index contributed by atoms with van der Waals surface area (Å²) in [6, 6.07) is 3.14. The number of amides is 1. The summed E-state index contributed by atoms with van der Waals surface area (Å²) in [6.45, 7) is 0.111. The van der Waals surface area contributed by atoms with Gasteiger partial charge in [-0.3, -0.25) is 15.1 Å². The van der Waals surface area contributed by atoms with E-state index in [1.54, 1.807) is 4.90 Å². The van der Waals surface area contributed by atoms with Gasteiger partial charge in [-0.2, -0.15) is 9.37 Å². The number of ether oxygens (including phenoxy) is 1. The molecule has 3 aliphatic rings. The van der Waals surface area contributed by atoms with Crippen molar-refractivity contribution in [1.82, 2.24) is 20.2 Å². The molecule has 0 bridgehead atoms. The molecule has 1 amide bonds. The Morgan fingerprint density at radius 2 is 2.00 bits per heavy atom. The summed E-state index contributed by atoms with van der Waals surface area (Å²) in [5.74, 6) is -3.64. The number of anilines is 1. The molecule has 11 heteroatoms. The first-order chi connectivity index (χ1) is 15.2. The van der Waals surface area contributed by atoms with Crippen molar-refractivity contribution in [3.8, 4) is 5.88 Å². The average molecular weight is 446 g/mol. The molecule has 1 saturated carbocycles. The second-order valence-corrected chi connectivity index (χ2v) is 8.41. The maximum absolute atomic E-state index is 14.9. The molecule has 0 spiro atoms. The van der Waals surface area contributed by atoms with Gasteiger partial charge in [-0.1, -0.05) is 6.07 Å². The minimum absolute atomic E-state index is 0.0150. The van der Waals surface area contributed by atoms with Crippen LogP contribution in [0.2, 0.25) is 0 Å². The first kappa shape index (κ1) is 20.5. The SMILES string of the molecule is COc1nc(N2C[C@H]3C(=O)N(C)C(=N)N[C@@]3(c3ccc(F)cc3F)C2)nc(C2CC2)c1F. The highest BCUT2D eigenvalue weighted by molar-refractivity contribution is 6.01. The summed E-state index contributed by atoms with van der Waals surface area (Å²) < 4.78 is 48.3. The number of nitrogens with zero attached hydrogens (tertiary/aromatic N) is 4. The van der Waals surface area contributed by atoms with E-state index in [0.29, 0.717) is 0 Å². The Bertz CT molecular complexity index is 1140. The minimum Gasteiger partial charge on any atom is -0.479 e. The lowest BCUT2D eigenvalue weighted by atomic mass is 9.78. The number of halogens is 3. The van der Waals surface area contributed by atoms with Crippen molar-refractivity contribution >= 4 is 17.8 Å². The molecular weight excluding hydrogens is 425 g/mol. The van der Waals surface area contributed by atoms with Crippen LogP contribution in [-0.4, -0.2) is 54.0 Å². The molecule has 2 aliphatic heterocycles. The number of hydrogen-bond acceptors (Lipinski definition) is 6. The fourth-order valence-electron chi connectivity index (χ4n) is 4.59. The van der Waals surface area contributed by atoms with Crippen LogP contribution in [0.5, 0.6) is 5.88 Å². The molecule has 168 valence electrons. The van der Waals surface area contributed by atoms with Gasteiger partial charge in [0.2, 0.25) is 17.7 Å². The fraction of sp³-hybridized carbons (Fsp3) is 0.429. The van der Waals surface area contributed by atoms with E-state index < -0.39 is 34.8 Å². The van der Waals surface area contributed by atoms with Crippen LogP contribution in [0.1, 0.15) is 30.0 Å². The second kappa shape index (κ2) is 7.07. The molecule has 3 heterocycles. The molecule has 1 aliphatic carbocycles. The number of hydrogen-bond donors (Lipinski definition) is 2. The van der Waals surface area contributed by atoms with E-state index in [1.807, 2.05) is 0 Å². The summed E-state index contributed by atoms with van der Waals surface area (Å²) in [7, 11) is 2.76. The van der Waals surface area contributed by atoms with Crippen LogP contribution < -0.4 is 15.0 Å². The molecule has 5 rings (SSSR count). The molecule has 0 radical (unpaired) electrons. The molecular formula is C21H21F3N6O2. The van der Waals surface area contributed by atoms with E-state index >= 15 is 0 Å². The minimum atomic E-state index is -1.34. The second-order valence-electron chi connectivity index (χ2n) is 8.41. The zero-order chi connectivity index (χ0) is 22.8. The lowest BCUT2D eigenvalue weighted by molar-refractivity contribution is -0.134. The summed E-state index contributed by atoms with van der Waals surface area (Å²) in [6.07, 6.45) is 1.62. The van der Waals surface area contributed by atoms with Crippen molar-refractivity contribution in [3.63, 3.8) is 0 Å². The predicted molar refractivity (Wildman–Crippen MR) is 108 cm³/mol. The maximum atomic E-state index is 14.9. The van der Waals surface area contributed by atoms with Crippen molar-refractivity contribution < 1.29 is 22.7 Å². The van der Waals surface area contributed by atoms with Gasteiger partial charge in [0.25, 0.3) is 5.88 Å². The molecule has 32 heavy (non-hydrogen) atoms. The van der Waals surface area contributed by atoms with Crippen molar-refractivity contribution in [3.05, 3.63) is 46.9 Å². The number of carbonyl (C=O) groups excluding carboxylic acids is 1. The normalized spacial score (nSPS) is 25.1. The number of fused-ring (bicyclic) bond motifs is 1. The van der Waals surface area contributed by atoms with Crippen molar-refractivity contribution in [2.45, 2.75) is 24.3 Å². The predicted octanol–water partition coefficient (Wildman–Crippen LogP) is 2.11. The highest BCUT2D eigenvalue weighted by Gasteiger charge is 2.57. The lowest BCUT2D eigenvalue weighted by Gasteiger charge is -2.43. The van der Waals surface area contributed by atoms with Gasteiger partial charge in [0.15, 0.2) is 5.96 Å².